The quantitative estimate of drug-likeness (QED) is 0.639. The number of likely N-dealkylation sites (N-methyl/N-ethyl adjacent to an activating group) is 1. The van der Waals surface area contributed by atoms with Crippen LogP contribution >= 0.6 is 0 Å². The summed E-state index contributed by atoms with van der Waals surface area (Å²) in [5, 5.41) is 0. The minimum atomic E-state index is -0.247. The normalized spacial score (nSPS) is 16.2. The smallest absolute Gasteiger partial charge is 0.338 e. The van der Waals surface area contributed by atoms with Crippen molar-refractivity contribution in [1.82, 2.24) is 9.80 Å². The highest BCUT2D eigenvalue weighted by Crippen LogP contribution is 2.22. The minimum absolute atomic E-state index is 0.247. The van der Waals surface area contributed by atoms with Crippen LogP contribution in [-0.2, 0) is 11.2 Å². The van der Waals surface area contributed by atoms with E-state index in [-0.39, 0.29) is 5.97 Å². The van der Waals surface area contributed by atoms with Gasteiger partial charge in [-0.1, -0.05) is 56.7 Å². The van der Waals surface area contributed by atoms with Crippen LogP contribution in [0.15, 0.2) is 48.5 Å². The largest absolute Gasteiger partial charge is 0.461 e. The van der Waals surface area contributed by atoms with Crippen molar-refractivity contribution in [1.29, 1.82) is 0 Å². The van der Waals surface area contributed by atoms with Crippen molar-refractivity contribution < 1.29 is 9.53 Å². The molecule has 1 heterocycles. The monoisotopic (exact) mass is 380 g/mol. The summed E-state index contributed by atoms with van der Waals surface area (Å²) in [5.74, 6) is 0.463. The van der Waals surface area contributed by atoms with Crippen LogP contribution < -0.4 is 0 Å². The molecule has 2 aromatic rings. The molecule has 0 radical (unpaired) electrons. The van der Waals surface area contributed by atoms with E-state index in [9.17, 15) is 4.79 Å². The molecule has 3 rings (SSSR count). The van der Waals surface area contributed by atoms with E-state index in [4.69, 9.17) is 4.74 Å². The van der Waals surface area contributed by atoms with Crippen molar-refractivity contribution in [2.24, 2.45) is 5.92 Å². The van der Waals surface area contributed by atoms with Gasteiger partial charge in [0.05, 0.1) is 12.2 Å². The van der Waals surface area contributed by atoms with Gasteiger partial charge in [-0.3, -0.25) is 9.80 Å². The van der Waals surface area contributed by atoms with Crippen LogP contribution in [-0.4, -0.2) is 55.7 Å². The molecule has 1 saturated heterocycles. The van der Waals surface area contributed by atoms with Crippen LogP contribution in [0.25, 0.3) is 11.1 Å². The van der Waals surface area contributed by atoms with Gasteiger partial charge in [0.1, 0.15) is 6.61 Å². The highest BCUT2D eigenvalue weighted by Gasteiger charge is 2.16. The van der Waals surface area contributed by atoms with Crippen LogP contribution in [0.1, 0.15) is 36.2 Å². The maximum atomic E-state index is 12.3. The Balaban J connectivity index is 1.51. The minimum Gasteiger partial charge on any atom is -0.461 e. The number of carbonyl (C=O) groups is 1. The molecule has 1 aliphatic heterocycles. The first-order valence-electron chi connectivity index (χ1n) is 10.3. The third kappa shape index (κ3) is 5.66. The van der Waals surface area contributed by atoms with E-state index in [1.54, 1.807) is 0 Å². The number of hydrogen-bond donors (Lipinski definition) is 0. The van der Waals surface area contributed by atoms with Crippen LogP contribution in [0.4, 0.5) is 0 Å². The molecule has 0 aromatic heterocycles. The molecule has 2 aromatic carbocycles. The first-order chi connectivity index (χ1) is 13.5. The number of esters is 1. The van der Waals surface area contributed by atoms with Gasteiger partial charge in [-0.15, -0.1) is 0 Å². The fraction of sp³-hybridized carbons (Fsp3) is 0.458. The lowest BCUT2D eigenvalue weighted by Gasteiger charge is -2.15. The second-order valence-electron chi connectivity index (χ2n) is 7.97. The highest BCUT2D eigenvalue weighted by molar-refractivity contribution is 5.90. The fourth-order valence-corrected chi connectivity index (χ4v) is 3.51. The number of carbonyl (C=O) groups excluding carboxylic acids is 1. The van der Waals surface area contributed by atoms with E-state index >= 15 is 0 Å². The summed E-state index contributed by atoms with van der Waals surface area (Å²) < 4.78 is 5.43. The van der Waals surface area contributed by atoms with E-state index in [0.29, 0.717) is 18.1 Å². The van der Waals surface area contributed by atoms with Gasteiger partial charge in [-0.2, -0.15) is 0 Å². The molecule has 0 aliphatic carbocycles. The van der Waals surface area contributed by atoms with Crippen molar-refractivity contribution in [3.63, 3.8) is 0 Å². The number of ether oxygens (including phenoxy) is 1. The van der Waals surface area contributed by atoms with E-state index in [0.717, 1.165) is 38.3 Å². The number of nitrogens with zero attached hydrogens (tertiary/aromatic N) is 2. The van der Waals surface area contributed by atoms with Gasteiger partial charge in [0.2, 0.25) is 0 Å². The standard InChI is InChI=1S/C24H32N2O2/c1-4-19(2)17-20-5-7-21(8-6-20)22-9-11-23(12-10-22)24(27)28-16-15-26-14-13-25(3)18-26/h5-12,19H,4,13-18H2,1-3H3/t19-/m1/s1. The maximum absolute atomic E-state index is 12.3. The summed E-state index contributed by atoms with van der Waals surface area (Å²) in [6, 6.07) is 16.4. The Hall–Kier alpha value is -2.17. The molecule has 0 N–H and O–H groups in total. The van der Waals surface area contributed by atoms with Crippen molar-refractivity contribution in [2.75, 3.05) is 40.0 Å². The molecule has 1 aliphatic rings. The predicted octanol–water partition coefficient (Wildman–Crippen LogP) is 4.30. The summed E-state index contributed by atoms with van der Waals surface area (Å²) in [7, 11) is 2.10. The third-order valence-corrected chi connectivity index (χ3v) is 5.57. The Labute approximate surface area is 169 Å². The molecule has 0 unspecified atom stereocenters. The van der Waals surface area contributed by atoms with Crippen molar-refractivity contribution in [2.45, 2.75) is 26.7 Å². The van der Waals surface area contributed by atoms with E-state index in [1.807, 2.05) is 24.3 Å². The predicted molar refractivity (Wildman–Crippen MR) is 114 cm³/mol. The number of benzene rings is 2. The Morgan fingerprint density at radius 3 is 2.25 bits per heavy atom. The lowest BCUT2D eigenvalue weighted by Crippen LogP contribution is -2.27. The first kappa shape index (κ1) is 20.6. The average Bonchev–Trinajstić information content (AvgIpc) is 3.13. The Kier molecular flexibility index (Phi) is 7.24. The zero-order valence-electron chi connectivity index (χ0n) is 17.4. The summed E-state index contributed by atoms with van der Waals surface area (Å²) in [4.78, 5) is 16.8. The van der Waals surface area contributed by atoms with Crippen molar-refractivity contribution in [3.05, 3.63) is 59.7 Å². The lowest BCUT2D eigenvalue weighted by atomic mass is 9.96. The second kappa shape index (κ2) is 9.85. The molecule has 1 fully saturated rings. The summed E-state index contributed by atoms with van der Waals surface area (Å²) >= 11 is 0. The van der Waals surface area contributed by atoms with Crippen LogP contribution in [0.3, 0.4) is 0 Å². The molecular formula is C24H32N2O2. The van der Waals surface area contributed by atoms with Gasteiger partial charge >= 0.3 is 5.97 Å². The van der Waals surface area contributed by atoms with E-state index in [1.165, 1.54) is 17.5 Å². The van der Waals surface area contributed by atoms with E-state index < -0.39 is 0 Å². The van der Waals surface area contributed by atoms with Crippen LogP contribution in [0.5, 0.6) is 0 Å². The molecule has 150 valence electrons. The molecule has 4 nitrogen and oxygen atoms in total. The number of hydrogen-bond acceptors (Lipinski definition) is 4. The Morgan fingerprint density at radius 2 is 1.68 bits per heavy atom. The van der Waals surface area contributed by atoms with Gasteiger partial charge in [0.15, 0.2) is 0 Å². The first-order valence-corrected chi connectivity index (χ1v) is 10.3. The average molecular weight is 381 g/mol. The lowest BCUT2D eigenvalue weighted by molar-refractivity contribution is 0.0467. The van der Waals surface area contributed by atoms with Crippen LogP contribution in [0.2, 0.25) is 0 Å². The molecule has 0 spiro atoms. The van der Waals surface area contributed by atoms with Gasteiger partial charge < -0.3 is 4.74 Å². The second-order valence-corrected chi connectivity index (χ2v) is 7.97. The van der Waals surface area contributed by atoms with Crippen molar-refractivity contribution in [3.8, 4) is 11.1 Å². The molecule has 0 bridgehead atoms. The fourth-order valence-electron chi connectivity index (χ4n) is 3.51. The Bertz CT molecular complexity index is 755. The Morgan fingerprint density at radius 1 is 1.04 bits per heavy atom. The van der Waals surface area contributed by atoms with Gasteiger partial charge in [-0.05, 0) is 48.2 Å². The van der Waals surface area contributed by atoms with Gasteiger partial charge in [0.25, 0.3) is 0 Å². The molecule has 1 atom stereocenters. The molecule has 4 heteroatoms. The summed E-state index contributed by atoms with van der Waals surface area (Å²) in [5.41, 5.74) is 4.27. The third-order valence-electron chi connectivity index (χ3n) is 5.57. The van der Waals surface area contributed by atoms with E-state index in [2.05, 4.69) is 55.0 Å². The maximum Gasteiger partial charge on any atom is 0.338 e. The SMILES string of the molecule is CC[C@@H](C)Cc1ccc(-c2ccc(C(=O)OCCN3CCN(C)C3)cc2)cc1. The van der Waals surface area contributed by atoms with Gasteiger partial charge in [-0.25, -0.2) is 4.79 Å². The van der Waals surface area contributed by atoms with Crippen molar-refractivity contribution >= 4 is 5.97 Å². The van der Waals surface area contributed by atoms with Crippen LogP contribution in [0, 0.1) is 5.92 Å². The summed E-state index contributed by atoms with van der Waals surface area (Å²) in [6.45, 7) is 8.81. The number of rotatable bonds is 8. The summed E-state index contributed by atoms with van der Waals surface area (Å²) in [6.07, 6.45) is 2.32. The van der Waals surface area contributed by atoms with Gasteiger partial charge in [0, 0.05) is 19.6 Å². The molecule has 28 heavy (non-hydrogen) atoms. The molecule has 0 saturated carbocycles. The highest BCUT2D eigenvalue weighted by atomic mass is 16.5. The molecular weight excluding hydrogens is 348 g/mol. The topological polar surface area (TPSA) is 32.8 Å². The zero-order valence-corrected chi connectivity index (χ0v) is 17.4. The molecule has 0 amide bonds. The zero-order chi connectivity index (χ0) is 19.9.